The van der Waals surface area contributed by atoms with Crippen molar-refractivity contribution in [2.24, 2.45) is 0 Å². The molecule has 0 aromatic rings. The molecule has 0 aromatic heterocycles. The lowest BCUT2D eigenvalue weighted by atomic mass is 10.3. The molecule has 0 fully saturated rings. The van der Waals surface area contributed by atoms with Crippen molar-refractivity contribution in [1.29, 1.82) is 0 Å². The topological polar surface area (TPSA) is 0 Å². The summed E-state index contributed by atoms with van der Waals surface area (Å²) in [6, 6.07) is 6.86. The second kappa shape index (κ2) is 17.8. The maximum atomic E-state index is 2.37. The van der Waals surface area contributed by atoms with Crippen LogP contribution in [0.2, 0.25) is 24.2 Å². The molecule has 0 spiro atoms. The maximum Gasteiger partial charge on any atom is 0.0280 e. The lowest BCUT2D eigenvalue weighted by molar-refractivity contribution is 0.740. The fourth-order valence-corrected chi connectivity index (χ4v) is 18.1. The lowest BCUT2D eigenvalue weighted by Crippen LogP contribution is -2.35. The molecule has 0 saturated heterocycles. The minimum atomic E-state index is -0.358. The first-order valence-electron chi connectivity index (χ1n) is 10.8. The second-order valence-corrected chi connectivity index (χ2v) is 18.5. The van der Waals surface area contributed by atoms with Gasteiger partial charge in [-0.15, -0.1) is 0 Å². The van der Waals surface area contributed by atoms with Crippen molar-refractivity contribution in [3.8, 4) is 0 Å². The van der Waals surface area contributed by atoms with E-state index < -0.39 is 0 Å². The van der Waals surface area contributed by atoms with Gasteiger partial charge in [0.2, 0.25) is 0 Å². The van der Waals surface area contributed by atoms with Gasteiger partial charge >= 0.3 is 0 Å². The third-order valence-corrected chi connectivity index (χ3v) is 19.3. The van der Waals surface area contributed by atoms with Gasteiger partial charge in [-0.1, -0.05) is 129 Å². The van der Waals surface area contributed by atoms with E-state index in [1.54, 1.807) is 49.9 Å². The number of unbranched alkanes of at least 4 members (excludes halogenated alkanes) is 8. The van der Waals surface area contributed by atoms with Crippen molar-refractivity contribution in [2.75, 3.05) is 0 Å². The summed E-state index contributed by atoms with van der Waals surface area (Å²) in [6.45, 7) is 9.46. The van der Waals surface area contributed by atoms with Crippen LogP contribution in [-0.4, -0.2) is 16.6 Å². The fourth-order valence-electron chi connectivity index (χ4n) is 3.86. The molecule has 0 bridgehead atoms. The average molecular weight is 343 g/mol. The van der Waals surface area contributed by atoms with E-state index in [-0.39, 0.29) is 16.6 Å². The van der Waals surface area contributed by atoms with E-state index in [0.29, 0.717) is 0 Å². The Balaban J connectivity index is 4.42. The van der Waals surface area contributed by atoms with E-state index >= 15 is 0 Å². The summed E-state index contributed by atoms with van der Waals surface area (Å²) in [6.07, 6.45) is 17.9. The smallest absolute Gasteiger partial charge is 0.0280 e. The predicted molar refractivity (Wildman–Crippen MR) is 112 cm³/mol. The van der Waals surface area contributed by atoms with Gasteiger partial charge in [0.05, 0.1) is 0 Å². The maximum absolute atomic E-state index is 2.37. The molecule has 0 aliphatic heterocycles. The zero-order valence-electron chi connectivity index (χ0n) is 16.5. The Morgan fingerprint density at radius 3 is 0.773 bits per heavy atom. The summed E-state index contributed by atoms with van der Waals surface area (Å²) in [7, 11) is -0.717. The minimum absolute atomic E-state index is 0.358. The molecule has 0 rings (SSSR count). The SMILES string of the molecule is CCCCC[SiH](CCCCC)[SiH](CCCCC)CCCCC. The summed E-state index contributed by atoms with van der Waals surface area (Å²) in [5.74, 6) is 0. The molecule has 0 atom stereocenters. The average Bonchev–Trinajstić information content (AvgIpc) is 2.53. The van der Waals surface area contributed by atoms with Gasteiger partial charge in [0.25, 0.3) is 0 Å². The minimum Gasteiger partial charge on any atom is -0.0654 e. The van der Waals surface area contributed by atoms with E-state index in [4.69, 9.17) is 0 Å². The molecular weight excluding hydrogens is 296 g/mol. The first kappa shape index (κ1) is 22.4. The van der Waals surface area contributed by atoms with Crippen LogP contribution in [0.3, 0.4) is 0 Å². The Hall–Kier alpha value is 0.434. The van der Waals surface area contributed by atoms with Crippen molar-refractivity contribution >= 4 is 16.6 Å². The zero-order valence-corrected chi connectivity index (χ0v) is 18.8. The van der Waals surface area contributed by atoms with Crippen LogP contribution in [0.15, 0.2) is 0 Å². The lowest BCUT2D eigenvalue weighted by Gasteiger charge is -2.25. The molecule has 134 valence electrons. The van der Waals surface area contributed by atoms with Gasteiger partial charge < -0.3 is 0 Å². The summed E-state index contributed by atoms with van der Waals surface area (Å²) in [5.41, 5.74) is 0. The number of hydrogen-bond donors (Lipinski definition) is 0. The van der Waals surface area contributed by atoms with E-state index in [2.05, 4.69) is 27.7 Å². The summed E-state index contributed by atoms with van der Waals surface area (Å²) >= 11 is 0. The zero-order chi connectivity index (χ0) is 16.5. The van der Waals surface area contributed by atoms with Crippen molar-refractivity contribution in [2.45, 2.75) is 129 Å². The van der Waals surface area contributed by atoms with Gasteiger partial charge in [0, 0.05) is 16.6 Å². The van der Waals surface area contributed by atoms with Crippen LogP contribution in [0, 0.1) is 0 Å². The second-order valence-electron chi connectivity index (χ2n) is 7.50. The Kier molecular flexibility index (Phi) is 18.1. The molecule has 0 N–H and O–H groups in total. The Morgan fingerprint density at radius 2 is 0.591 bits per heavy atom. The predicted octanol–water partition coefficient (Wildman–Crippen LogP) is 7.28. The highest BCUT2D eigenvalue weighted by Crippen LogP contribution is 2.22. The summed E-state index contributed by atoms with van der Waals surface area (Å²) in [4.78, 5) is 0. The molecule has 0 saturated carbocycles. The van der Waals surface area contributed by atoms with Gasteiger partial charge in [0.1, 0.15) is 0 Å². The van der Waals surface area contributed by atoms with Crippen LogP contribution >= 0.6 is 0 Å². The molecule has 22 heavy (non-hydrogen) atoms. The van der Waals surface area contributed by atoms with Crippen LogP contribution in [0.25, 0.3) is 0 Å². The summed E-state index contributed by atoms with van der Waals surface area (Å²) < 4.78 is 0. The molecule has 0 heterocycles. The van der Waals surface area contributed by atoms with Crippen molar-refractivity contribution in [1.82, 2.24) is 0 Å². The Morgan fingerprint density at radius 1 is 0.364 bits per heavy atom. The molecular formula is C20H46Si2. The van der Waals surface area contributed by atoms with E-state index in [1.807, 2.05) is 0 Å². The van der Waals surface area contributed by atoms with Crippen LogP contribution in [-0.2, 0) is 0 Å². The van der Waals surface area contributed by atoms with Crippen LogP contribution in [0.5, 0.6) is 0 Å². The van der Waals surface area contributed by atoms with E-state index in [9.17, 15) is 0 Å². The molecule has 0 nitrogen and oxygen atoms in total. The molecule has 0 unspecified atom stereocenters. The van der Waals surface area contributed by atoms with Crippen molar-refractivity contribution in [3.05, 3.63) is 0 Å². The van der Waals surface area contributed by atoms with Crippen LogP contribution in [0.1, 0.15) is 105 Å². The van der Waals surface area contributed by atoms with E-state index in [0.717, 1.165) is 0 Å². The highest BCUT2D eigenvalue weighted by molar-refractivity contribution is 7.22. The highest BCUT2D eigenvalue weighted by atomic mass is 29.2. The van der Waals surface area contributed by atoms with Crippen molar-refractivity contribution in [3.63, 3.8) is 0 Å². The Labute approximate surface area is 145 Å². The monoisotopic (exact) mass is 342 g/mol. The van der Waals surface area contributed by atoms with Gasteiger partial charge in [-0.05, 0) is 0 Å². The normalized spacial score (nSPS) is 11.7. The van der Waals surface area contributed by atoms with Crippen LogP contribution < -0.4 is 0 Å². The fraction of sp³-hybridized carbons (Fsp3) is 1.00. The quantitative estimate of drug-likeness (QED) is 0.192. The summed E-state index contributed by atoms with van der Waals surface area (Å²) in [5, 5.41) is 0. The molecule has 0 radical (unpaired) electrons. The number of hydrogen-bond acceptors (Lipinski definition) is 0. The molecule has 0 amide bonds. The molecule has 0 aliphatic rings. The number of rotatable bonds is 17. The van der Waals surface area contributed by atoms with Crippen molar-refractivity contribution < 1.29 is 0 Å². The Bertz CT molecular complexity index is 164. The third kappa shape index (κ3) is 12.9. The van der Waals surface area contributed by atoms with E-state index in [1.165, 1.54) is 51.4 Å². The highest BCUT2D eigenvalue weighted by Gasteiger charge is 2.22. The van der Waals surface area contributed by atoms with Gasteiger partial charge in [-0.3, -0.25) is 0 Å². The standard InChI is InChI=1S/C20H46Si2/c1-5-9-13-17-21(18-14-10-6-2)22(19-15-11-7-3)20-16-12-8-4/h21-22H,5-20H2,1-4H3. The molecule has 0 aromatic carbocycles. The molecule has 2 heteroatoms. The van der Waals surface area contributed by atoms with Gasteiger partial charge in [-0.25, -0.2) is 0 Å². The first-order chi connectivity index (χ1) is 10.8. The third-order valence-electron chi connectivity index (χ3n) is 5.38. The van der Waals surface area contributed by atoms with Gasteiger partial charge in [-0.2, -0.15) is 0 Å². The first-order valence-corrected chi connectivity index (χ1v) is 16.7. The van der Waals surface area contributed by atoms with Crippen LogP contribution in [0.4, 0.5) is 0 Å². The molecule has 0 aliphatic carbocycles. The largest absolute Gasteiger partial charge is 0.0654 e. The van der Waals surface area contributed by atoms with Gasteiger partial charge in [0.15, 0.2) is 0 Å².